The summed E-state index contributed by atoms with van der Waals surface area (Å²) in [6.07, 6.45) is 1.43. The number of imide groups is 1. The van der Waals surface area contributed by atoms with E-state index in [0.717, 1.165) is 0 Å². The Kier molecular flexibility index (Phi) is 3.52. The second kappa shape index (κ2) is 5.02. The fourth-order valence-corrected chi connectivity index (χ4v) is 4.16. The average Bonchev–Trinajstić information content (AvgIpc) is 2.64. The van der Waals surface area contributed by atoms with E-state index in [1.165, 1.54) is 4.90 Å². The third-order valence-corrected chi connectivity index (χ3v) is 6.66. The summed E-state index contributed by atoms with van der Waals surface area (Å²) in [5.74, 6) is -0.452. The number of anilines is 1. The molecule has 2 amide bonds. The van der Waals surface area contributed by atoms with Gasteiger partial charge in [-0.1, -0.05) is 50.1 Å². The van der Waals surface area contributed by atoms with Crippen LogP contribution in [0, 0.1) is 11.8 Å². The summed E-state index contributed by atoms with van der Waals surface area (Å²) in [5.41, 5.74) is 0.684. The van der Waals surface area contributed by atoms with Gasteiger partial charge in [0.15, 0.2) is 0 Å². The first-order valence-electron chi connectivity index (χ1n) is 6.30. The molecule has 0 bridgehead atoms. The van der Waals surface area contributed by atoms with Gasteiger partial charge in [-0.3, -0.25) is 14.5 Å². The monoisotopic (exact) mass is 385 g/mol. The Labute approximate surface area is 128 Å². The minimum atomic E-state index is -0.175. The summed E-state index contributed by atoms with van der Waals surface area (Å²) in [6, 6.07) is 9.19. The van der Waals surface area contributed by atoms with Crippen molar-refractivity contribution in [3.63, 3.8) is 0 Å². The standard InChI is InChI=1S/C14H13Br2NO2/c15-11-6-9-10(7-12(11)16)14(19)17(13(9)18)8-4-2-1-3-5-8/h1-5,9-12H,6-7H2/t9-,10-,11-,12+/m1/s1. The fourth-order valence-electron chi connectivity index (χ4n) is 2.93. The molecule has 0 N–H and O–H groups in total. The lowest BCUT2D eigenvalue weighted by molar-refractivity contribution is -0.122. The van der Waals surface area contributed by atoms with Gasteiger partial charge in [0, 0.05) is 9.65 Å². The summed E-state index contributed by atoms with van der Waals surface area (Å²) in [5, 5.41) is 0. The number of hydrogen-bond acceptors (Lipinski definition) is 2. The van der Waals surface area contributed by atoms with Gasteiger partial charge in [0.1, 0.15) is 0 Å². The quantitative estimate of drug-likeness (QED) is 0.549. The Bertz CT molecular complexity index is 491. The van der Waals surface area contributed by atoms with Crippen LogP contribution in [0.15, 0.2) is 30.3 Å². The van der Waals surface area contributed by atoms with Crippen molar-refractivity contribution in [3.8, 4) is 0 Å². The number of halogens is 2. The number of rotatable bonds is 1. The van der Waals surface area contributed by atoms with Crippen molar-refractivity contribution in [2.45, 2.75) is 22.5 Å². The van der Waals surface area contributed by atoms with Crippen LogP contribution in [-0.4, -0.2) is 21.5 Å². The lowest BCUT2D eigenvalue weighted by atomic mass is 9.81. The van der Waals surface area contributed by atoms with Crippen LogP contribution in [0.2, 0.25) is 0 Å². The first-order chi connectivity index (χ1) is 9.09. The zero-order chi connectivity index (χ0) is 13.6. The molecule has 3 nitrogen and oxygen atoms in total. The number of carbonyl (C=O) groups excluding carboxylic acids is 2. The van der Waals surface area contributed by atoms with Gasteiger partial charge in [-0.05, 0) is 25.0 Å². The molecule has 1 aliphatic carbocycles. The number of carbonyl (C=O) groups is 2. The van der Waals surface area contributed by atoms with Gasteiger partial charge in [-0.15, -0.1) is 0 Å². The van der Waals surface area contributed by atoms with Crippen LogP contribution < -0.4 is 4.90 Å². The number of nitrogens with zero attached hydrogens (tertiary/aromatic N) is 1. The Balaban J connectivity index is 1.94. The summed E-state index contributed by atoms with van der Waals surface area (Å²) < 4.78 is 0. The van der Waals surface area contributed by atoms with E-state index in [9.17, 15) is 9.59 Å². The molecular weight excluding hydrogens is 374 g/mol. The SMILES string of the molecule is O=C1[C@@H]2C[C@@H](Br)[C@@H](Br)C[C@H]2C(=O)N1c1ccccc1. The van der Waals surface area contributed by atoms with Gasteiger partial charge in [0.2, 0.25) is 11.8 Å². The van der Waals surface area contributed by atoms with Crippen LogP contribution in [0.1, 0.15) is 12.8 Å². The van der Waals surface area contributed by atoms with E-state index in [-0.39, 0.29) is 33.3 Å². The minimum Gasteiger partial charge on any atom is -0.274 e. The number of fused-ring (bicyclic) bond motifs is 1. The van der Waals surface area contributed by atoms with E-state index in [1.807, 2.05) is 30.3 Å². The zero-order valence-electron chi connectivity index (χ0n) is 10.1. The molecule has 3 rings (SSSR count). The van der Waals surface area contributed by atoms with E-state index in [2.05, 4.69) is 31.9 Å². The van der Waals surface area contributed by atoms with Crippen molar-refractivity contribution in [2.24, 2.45) is 11.8 Å². The lowest BCUT2D eigenvalue weighted by Gasteiger charge is -2.29. The van der Waals surface area contributed by atoms with Crippen molar-refractivity contribution < 1.29 is 9.59 Å². The first-order valence-corrected chi connectivity index (χ1v) is 8.13. The van der Waals surface area contributed by atoms with Crippen LogP contribution in [0.25, 0.3) is 0 Å². The topological polar surface area (TPSA) is 37.4 Å². The van der Waals surface area contributed by atoms with Gasteiger partial charge in [-0.25, -0.2) is 0 Å². The predicted molar refractivity (Wildman–Crippen MR) is 80.6 cm³/mol. The lowest BCUT2D eigenvalue weighted by Crippen LogP contribution is -2.34. The Morgan fingerprint density at radius 2 is 1.37 bits per heavy atom. The number of benzene rings is 1. The fraction of sp³-hybridized carbons (Fsp3) is 0.429. The largest absolute Gasteiger partial charge is 0.274 e. The van der Waals surface area contributed by atoms with E-state index < -0.39 is 0 Å². The van der Waals surface area contributed by atoms with Crippen molar-refractivity contribution in [1.82, 2.24) is 0 Å². The second-order valence-electron chi connectivity index (χ2n) is 5.06. The maximum Gasteiger partial charge on any atom is 0.237 e. The van der Waals surface area contributed by atoms with E-state index in [4.69, 9.17) is 0 Å². The molecule has 5 heteroatoms. The van der Waals surface area contributed by atoms with Crippen molar-refractivity contribution in [3.05, 3.63) is 30.3 Å². The average molecular weight is 387 g/mol. The normalized spacial score (nSPS) is 34.5. The van der Waals surface area contributed by atoms with Crippen LogP contribution in [0.4, 0.5) is 5.69 Å². The van der Waals surface area contributed by atoms with E-state index in [0.29, 0.717) is 18.5 Å². The maximum atomic E-state index is 12.5. The molecule has 1 saturated heterocycles. The van der Waals surface area contributed by atoms with Crippen LogP contribution in [0.3, 0.4) is 0 Å². The number of amides is 2. The number of alkyl halides is 2. The maximum absolute atomic E-state index is 12.5. The highest BCUT2D eigenvalue weighted by Crippen LogP contribution is 2.44. The van der Waals surface area contributed by atoms with Crippen LogP contribution in [-0.2, 0) is 9.59 Å². The number of hydrogen-bond donors (Lipinski definition) is 0. The molecule has 4 atom stereocenters. The Morgan fingerprint density at radius 1 is 0.895 bits per heavy atom. The molecule has 19 heavy (non-hydrogen) atoms. The predicted octanol–water partition coefficient (Wildman–Crippen LogP) is 3.11. The van der Waals surface area contributed by atoms with Gasteiger partial charge in [0.25, 0.3) is 0 Å². The van der Waals surface area contributed by atoms with Gasteiger partial charge in [-0.2, -0.15) is 0 Å². The molecule has 1 saturated carbocycles. The molecule has 1 aromatic rings. The zero-order valence-corrected chi connectivity index (χ0v) is 13.3. The molecule has 2 fully saturated rings. The second-order valence-corrected chi connectivity index (χ2v) is 7.42. The highest BCUT2D eigenvalue weighted by atomic mass is 79.9. The molecular formula is C14H13Br2NO2. The molecule has 2 aliphatic rings. The molecule has 100 valence electrons. The third-order valence-electron chi connectivity index (χ3n) is 3.93. The smallest absolute Gasteiger partial charge is 0.237 e. The minimum absolute atomic E-state index is 0.0509. The van der Waals surface area contributed by atoms with Gasteiger partial charge >= 0.3 is 0 Å². The van der Waals surface area contributed by atoms with Crippen LogP contribution in [0.5, 0.6) is 0 Å². The molecule has 0 unspecified atom stereocenters. The molecule has 0 radical (unpaired) electrons. The van der Waals surface area contributed by atoms with E-state index in [1.54, 1.807) is 0 Å². The van der Waals surface area contributed by atoms with Gasteiger partial charge < -0.3 is 0 Å². The molecule has 1 heterocycles. The van der Waals surface area contributed by atoms with Crippen molar-refractivity contribution in [2.75, 3.05) is 4.90 Å². The van der Waals surface area contributed by atoms with Crippen molar-refractivity contribution >= 4 is 49.4 Å². The van der Waals surface area contributed by atoms with Crippen molar-refractivity contribution in [1.29, 1.82) is 0 Å². The summed E-state index contributed by atoms with van der Waals surface area (Å²) in [6.45, 7) is 0. The molecule has 1 aromatic carbocycles. The van der Waals surface area contributed by atoms with Gasteiger partial charge in [0.05, 0.1) is 17.5 Å². The van der Waals surface area contributed by atoms with Crippen LogP contribution >= 0.6 is 31.9 Å². The third kappa shape index (κ3) is 2.17. The summed E-state index contributed by atoms with van der Waals surface area (Å²) in [7, 11) is 0. The summed E-state index contributed by atoms with van der Waals surface area (Å²) >= 11 is 7.17. The summed E-state index contributed by atoms with van der Waals surface area (Å²) in [4.78, 5) is 26.8. The first kappa shape index (κ1) is 13.3. The molecule has 0 spiro atoms. The highest BCUT2D eigenvalue weighted by Gasteiger charge is 2.52. The highest BCUT2D eigenvalue weighted by molar-refractivity contribution is 9.12. The Morgan fingerprint density at radius 3 is 1.84 bits per heavy atom. The molecule has 0 aromatic heterocycles. The Hall–Kier alpha value is -0.680. The number of para-hydroxylation sites is 1. The van der Waals surface area contributed by atoms with E-state index >= 15 is 0 Å². The molecule has 1 aliphatic heterocycles.